The van der Waals surface area contributed by atoms with Gasteiger partial charge in [0, 0.05) is 12.1 Å². The maximum absolute atomic E-state index is 10.7. The predicted octanol–water partition coefficient (Wildman–Crippen LogP) is -3.40. The van der Waals surface area contributed by atoms with Crippen molar-refractivity contribution in [2.24, 2.45) is 0 Å². The molecule has 4 unspecified atom stereocenters. The lowest BCUT2D eigenvalue weighted by Gasteiger charge is -2.45. The molecule has 2 saturated heterocycles. The van der Waals surface area contributed by atoms with Crippen LogP contribution in [-0.2, 0) is 14.2 Å². The first-order valence-electron chi connectivity index (χ1n) is 9.67. The number of benzene rings is 1. The number of ether oxygens (including phenoxy) is 4. The number of nitro groups is 1. The van der Waals surface area contributed by atoms with E-state index in [1.807, 2.05) is 0 Å². The third-order valence-electron chi connectivity index (χ3n) is 5.26. The fourth-order valence-corrected chi connectivity index (χ4v) is 3.43. The molecule has 32 heavy (non-hydrogen) atoms. The molecule has 0 radical (unpaired) electrons. The minimum atomic E-state index is -1.77. The Labute approximate surface area is 180 Å². The molecule has 0 amide bonds. The van der Waals surface area contributed by atoms with Crippen molar-refractivity contribution in [2.45, 2.75) is 61.4 Å². The minimum absolute atomic E-state index is 0.0804. The zero-order valence-electron chi connectivity index (χ0n) is 16.5. The molecule has 0 aliphatic carbocycles. The lowest BCUT2D eigenvalue weighted by atomic mass is 9.97. The summed E-state index contributed by atoms with van der Waals surface area (Å²) in [5.74, 6) is 0.0804. The van der Waals surface area contributed by atoms with Crippen LogP contribution in [0.1, 0.15) is 0 Å². The van der Waals surface area contributed by atoms with Crippen LogP contribution in [-0.4, -0.2) is 115 Å². The molecule has 2 aliphatic heterocycles. The summed E-state index contributed by atoms with van der Waals surface area (Å²) in [7, 11) is 0. The maximum Gasteiger partial charge on any atom is 0.269 e. The normalized spacial score (nSPS) is 40.1. The Morgan fingerprint density at radius 1 is 0.812 bits per heavy atom. The first kappa shape index (κ1) is 24.7. The van der Waals surface area contributed by atoms with E-state index in [1.165, 1.54) is 12.1 Å². The molecule has 1 aromatic carbocycles. The first-order chi connectivity index (χ1) is 15.2. The van der Waals surface area contributed by atoms with E-state index in [-0.39, 0.29) is 11.4 Å². The fraction of sp³-hybridized carbons (Fsp3) is 0.667. The van der Waals surface area contributed by atoms with Crippen molar-refractivity contribution in [3.63, 3.8) is 0 Å². The average molecular weight is 463 g/mol. The summed E-state index contributed by atoms with van der Waals surface area (Å²) in [5.41, 5.74) is -0.191. The number of nitro benzene ring substituents is 1. The Balaban J connectivity index is 1.70. The highest BCUT2D eigenvalue weighted by molar-refractivity contribution is 5.36. The van der Waals surface area contributed by atoms with E-state index < -0.39 is 79.5 Å². The zero-order valence-corrected chi connectivity index (χ0v) is 16.5. The van der Waals surface area contributed by atoms with Gasteiger partial charge >= 0.3 is 0 Å². The van der Waals surface area contributed by atoms with Crippen LogP contribution in [0.15, 0.2) is 24.3 Å². The molecule has 0 bridgehead atoms. The Morgan fingerprint density at radius 3 is 1.94 bits per heavy atom. The highest BCUT2D eigenvalue weighted by Gasteiger charge is 2.51. The Morgan fingerprint density at radius 2 is 1.38 bits per heavy atom. The number of nitrogens with zero attached hydrogens (tertiary/aromatic N) is 1. The van der Waals surface area contributed by atoms with Crippen LogP contribution >= 0.6 is 0 Å². The third kappa shape index (κ3) is 4.99. The van der Waals surface area contributed by atoms with E-state index >= 15 is 0 Å². The van der Waals surface area contributed by atoms with Crippen LogP contribution in [0.5, 0.6) is 5.75 Å². The second-order valence-electron chi connectivity index (χ2n) is 7.37. The van der Waals surface area contributed by atoms with Gasteiger partial charge in [0.1, 0.15) is 54.6 Å². The molecule has 0 spiro atoms. The van der Waals surface area contributed by atoms with Gasteiger partial charge in [-0.3, -0.25) is 10.1 Å². The molecule has 0 aromatic heterocycles. The highest BCUT2D eigenvalue weighted by Crippen LogP contribution is 2.30. The number of non-ortho nitro benzene ring substituents is 1. The molecule has 14 nitrogen and oxygen atoms in total. The molecule has 3 rings (SSSR count). The van der Waals surface area contributed by atoms with Crippen molar-refractivity contribution in [1.29, 1.82) is 0 Å². The quantitative estimate of drug-likeness (QED) is 0.155. The van der Waals surface area contributed by atoms with Crippen molar-refractivity contribution in [3.05, 3.63) is 34.4 Å². The Kier molecular flexibility index (Phi) is 7.94. The number of aliphatic hydroxyl groups is 7. The van der Waals surface area contributed by atoms with Crippen molar-refractivity contribution in [3.8, 4) is 5.75 Å². The topological polar surface area (TPSA) is 222 Å². The summed E-state index contributed by atoms with van der Waals surface area (Å²) < 4.78 is 21.5. The van der Waals surface area contributed by atoms with Crippen molar-refractivity contribution < 1.29 is 59.6 Å². The fourth-order valence-electron chi connectivity index (χ4n) is 3.43. The second-order valence-corrected chi connectivity index (χ2v) is 7.37. The third-order valence-corrected chi connectivity index (χ3v) is 5.26. The maximum atomic E-state index is 10.7. The zero-order chi connectivity index (χ0) is 23.6. The van der Waals surface area contributed by atoms with E-state index in [1.54, 1.807) is 0 Å². The van der Waals surface area contributed by atoms with Crippen molar-refractivity contribution in [1.82, 2.24) is 0 Å². The van der Waals surface area contributed by atoms with E-state index in [2.05, 4.69) is 0 Å². The summed E-state index contributed by atoms with van der Waals surface area (Å²) in [6.07, 6.45) is -15.7. The molecule has 2 fully saturated rings. The minimum Gasteiger partial charge on any atom is -0.462 e. The summed E-state index contributed by atoms with van der Waals surface area (Å²) in [6.45, 7) is -1.42. The summed E-state index contributed by atoms with van der Waals surface area (Å²) in [6, 6.07) is 4.83. The molecule has 14 heteroatoms. The number of hydrogen-bond acceptors (Lipinski definition) is 13. The molecule has 2 heterocycles. The average Bonchev–Trinajstić information content (AvgIpc) is 2.79. The van der Waals surface area contributed by atoms with Gasteiger partial charge in [0.15, 0.2) is 6.29 Å². The molecule has 0 saturated carbocycles. The van der Waals surface area contributed by atoms with E-state index in [9.17, 15) is 45.9 Å². The van der Waals surface area contributed by atoms with Gasteiger partial charge in [-0.15, -0.1) is 0 Å². The molecular formula is C18H25NO13. The van der Waals surface area contributed by atoms with Crippen molar-refractivity contribution >= 4 is 5.69 Å². The number of rotatable bonds is 7. The molecule has 2 aliphatic rings. The van der Waals surface area contributed by atoms with Crippen LogP contribution in [0.25, 0.3) is 0 Å². The SMILES string of the molecule is O=[N+]([O-])c1ccc(O[C@@H]2OC(CO)[C@@H](O[C@H]3OC(CO)[C@H](O)C(O)[C@H]3O)[C@H](O)C2O)cc1. The van der Waals surface area contributed by atoms with Crippen LogP contribution in [0, 0.1) is 10.1 Å². The first-order valence-corrected chi connectivity index (χ1v) is 9.67. The van der Waals surface area contributed by atoms with Gasteiger partial charge < -0.3 is 54.7 Å². The van der Waals surface area contributed by atoms with Gasteiger partial charge in [-0.05, 0) is 12.1 Å². The van der Waals surface area contributed by atoms with E-state index in [0.29, 0.717) is 0 Å². The lowest BCUT2D eigenvalue weighted by molar-refractivity contribution is -0.384. The van der Waals surface area contributed by atoms with Crippen LogP contribution < -0.4 is 4.74 Å². The monoisotopic (exact) mass is 463 g/mol. The molecule has 180 valence electrons. The number of hydrogen-bond donors (Lipinski definition) is 7. The standard InChI is InChI=1S/C18H25NO13/c20-5-9-11(22)12(23)14(25)18(30-9)32-16-10(6-21)31-17(15(26)13(16)24)29-8-3-1-7(2-4-8)19(27)28/h1-4,9-18,20-26H,5-6H2/t9?,10?,11-,12?,13+,14+,15?,16+,17+,18+/m0/s1. The van der Waals surface area contributed by atoms with Gasteiger partial charge in [-0.1, -0.05) is 0 Å². The van der Waals surface area contributed by atoms with Crippen LogP contribution in [0.4, 0.5) is 5.69 Å². The summed E-state index contributed by atoms with van der Waals surface area (Å²) in [5, 5.41) is 80.4. The molecular weight excluding hydrogens is 438 g/mol. The summed E-state index contributed by atoms with van der Waals surface area (Å²) >= 11 is 0. The largest absolute Gasteiger partial charge is 0.462 e. The molecule has 1 aromatic rings. The number of aliphatic hydroxyl groups excluding tert-OH is 7. The van der Waals surface area contributed by atoms with Gasteiger partial charge in [-0.2, -0.15) is 0 Å². The Hall–Kier alpha value is -1.98. The van der Waals surface area contributed by atoms with Crippen molar-refractivity contribution in [2.75, 3.05) is 13.2 Å². The summed E-state index contributed by atoms with van der Waals surface area (Å²) in [4.78, 5) is 10.1. The van der Waals surface area contributed by atoms with E-state index in [4.69, 9.17) is 18.9 Å². The van der Waals surface area contributed by atoms with Crippen LogP contribution in [0.3, 0.4) is 0 Å². The van der Waals surface area contributed by atoms with Gasteiger partial charge in [-0.25, -0.2) is 0 Å². The highest BCUT2D eigenvalue weighted by atomic mass is 16.7. The van der Waals surface area contributed by atoms with Gasteiger partial charge in [0.2, 0.25) is 6.29 Å². The Bertz CT molecular complexity index is 760. The smallest absolute Gasteiger partial charge is 0.269 e. The molecule has 10 atom stereocenters. The van der Waals surface area contributed by atoms with Crippen LogP contribution in [0.2, 0.25) is 0 Å². The van der Waals surface area contributed by atoms with Gasteiger partial charge in [0.25, 0.3) is 5.69 Å². The van der Waals surface area contributed by atoms with Gasteiger partial charge in [0.05, 0.1) is 18.1 Å². The predicted molar refractivity (Wildman–Crippen MR) is 100 cm³/mol. The lowest BCUT2D eigenvalue weighted by Crippen LogP contribution is -2.65. The second kappa shape index (κ2) is 10.3. The van der Waals surface area contributed by atoms with E-state index in [0.717, 1.165) is 12.1 Å². The molecule has 7 N–H and O–H groups in total.